The van der Waals surface area contributed by atoms with Crippen LogP contribution in [0.5, 0.6) is 0 Å². The molecule has 2 bridgehead atoms. The highest BCUT2D eigenvalue weighted by atomic mass is 16.2. The molecule has 2 saturated heterocycles. The number of benzene rings is 2. The number of ketones is 2. The summed E-state index contributed by atoms with van der Waals surface area (Å²) in [5, 5.41) is 0. The van der Waals surface area contributed by atoms with Crippen LogP contribution in [0.3, 0.4) is 0 Å². The first-order valence-electron chi connectivity index (χ1n) is 13.6. The van der Waals surface area contributed by atoms with Crippen LogP contribution in [0, 0.1) is 10.8 Å². The van der Waals surface area contributed by atoms with Gasteiger partial charge < -0.3 is 9.80 Å². The molecule has 10 nitrogen and oxygen atoms in total. The lowest BCUT2D eigenvalue weighted by Gasteiger charge is -2.56. The molecule has 4 aromatic rings. The first kappa shape index (κ1) is 26.6. The molecule has 208 valence electrons. The van der Waals surface area contributed by atoms with E-state index in [-0.39, 0.29) is 34.2 Å². The zero-order valence-corrected chi connectivity index (χ0v) is 23.5. The van der Waals surface area contributed by atoms with Crippen molar-refractivity contribution in [2.75, 3.05) is 26.2 Å². The number of likely N-dealkylation sites (tertiary alicyclic amines) is 2. The molecule has 41 heavy (non-hydrogen) atoms. The van der Waals surface area contributed by atoms with E-state index >= 15 is 0 Å². The molecule has 0 unspecified atom stereocenters. The summed E-state index contributed by atoms with van der Waals surface area (Å²) in [6.45, 7) is 9.25. The topological polar surface area (TPSA) is 126 Å². The van der Waals surface area contributed by atoms with E-state index in [1.165, 1.54) is 26.2 Å². The molecule has 2 amide bonds. The Balaban J connectivity index is 1.21. The molecule has 2 fully saturated rings. The number of piperidine rings is 2. The lowest BCUT2D eigenvalue weighted by Crippen LogP contribution is -2.64. The predicted octanol–water partition coefficient (Wildman–Crippen LogP) is 3.99. The average molecular weight is 551 g/mol. The van der Waals surface area contributed by atoms with Gasteiger partial charge in [-0.15, -0.1) is 0 Å². The van der Waals surface area contributed by atoms with Crippen molar-refractivity contribution in [3.8, 4) is 0 Å². The lowest BCUT2D eigenvalue weighted by atomic mass is 9.65. The first-order chi connectivity index (χ1) is 19.4. The van der Waals surface area contributed by atoms with Gasteiger partial charge in [-0.2, -0.15) is 0 Å². The average Bonchev–Trinajstić information content (AvgIpc) is 2.93. The Morgan fingerprint density at radius 1 is 0.634 bits per heavy atom. The van der Waals surface area contributed by atoms with Gasteiger partial charge in [0.25, 0.3) is 11.8 Å². The number of Topliss-reactive ketones (excluding diaryl/α,β-unsaturated/α-hetero) is 2. The maximum atomic E-state index is 13.7. The Morgan fingerprint density at radius 2 is 1.02 bits per heavy atom. The number of fused-ring (bicyclic) bond motifs is 4. The Hall–Kier alpha value is -4.60. The fourth-order valence-electron chi connectivity index (χ4n) is 6.59. The van der Waals surface area contributed by atoms with Crippen molar-refractivity contribution in [1.29, 1.82) is 0 Å². The third-order valence-corrected chi connectivity index (χ3v) is 8.02. The van der Waals surface area contributed by atoms with Crippen molar-refractivity contribution in [3.05, 3.63) is 71.3 Å². The van der Waals surface area contributed by atoms with Crippen molar-refractivity contribution in [2.45, 2.75) is 34.1 Å². The lowest BCUT2D eigenvalue weighted by molar-refractivity contribution is -0.0538. The Kier molecular flexibility index (Phi) is 6.17. The first-order valence-corrected chi connectivity index (χ1v) is 13.6. The number of carbonyl (C=O) groups excluding carboxylic acids is 4. The molecule has 2 aliphatic rings. The molecule has 6 rings (SSSR count). The Morgan fingerprint density at radius 3 is 1.39 bits per heavy atom. The number of nitrogens with zero attached hydrogens (tertiary/aromatic N) is 6. The second-order valence-electron chi connectivity index (χ2n) is 12.2. The minimum absolute atomic E-state index is 0.0840. The van der Waals surface area contributed by atoms with Gasteiger partial charge in [-0.1, -0.05) is 13.8 Å². The maximum Gasteiger partial charge on any atom is 0.253 e. The van der Waals surface area contributed by atoms with Crippen molar-refractivity contribution in [3.63, 3.8) is 0 Å². The van der Waals surface area contributed by atoms with Gasteiger partial charge in [-0.05, 0) is 42.8 Å². The van der Waals surface area contributed by atoms with Crippen LogP contribution in [-0.2, 0) is 0 Å². The number of carbonyl (C=O) groups is 4. The summed E-state index contributed by atoms with van der Waals surface area (Å²) in [7, 11) is 0. The normalized spacial score (nSPS) is 22.1. The predicted molar refractivity (Wildman–Crippen MR) is 152 cm³/mol. The van der Waals surface area contributed by atoms with E-state index in [0.29, 0.717) is 70.8 Å². The molecule has 0 atom stereocenters. The third-order valence-electron chi connectivity index (χ3n) is 8.02. The summed E-state index contributed by atoms with van der Waals surface area (Å²) in [5.74, 6) is -0.490. The zero-order valence-electron chi connectivity index (χ0n) is 23.5. The molecule has 0 radical (unpaired) electrons. The molecule has 2 aromatic carbocycles. The molecule has 0 saturated carbocycles. The van der Waals surface area contributed by atoms with Gasteiger partial charge in [0.1, 0.15) is 11.4 Å². The zero-order chi connectivity index (χ0) is 29.1. The summed E-state index contributed by atoms with van der Waals surface area (Å²) in [4.78, 5) is 71.8. The van der Waals surface area contributed by atoms with E-state index in [1.54, 1.807) is 36.4 Å². The molecule has 10 heteroatoms. The fraction of sp³-hybridized carbons (Fsp3) is 0.355. The number of amides is 2. The van der Waals surface area contributed by atoms with Gasteiger partial charge >= 0.3 is 0 Å². The number of hydrogen-bond donors (Lipinski definition) is 0. The third kappa shape index (κ3) is 4.94. The monoisotopic (exact) mass is 550 g/mol. The van der Waals surface area contributed by atoms with Crippen LogP contribution in [0.2, 0.25) is 0 Å². The summed E-state index contributed by atoms with van der Waals surface area (Å²) in [6.07, 6.45) is 3.77. The van der Waals surface area contributed by atoms with E-state index in [0.717, 1.165) is 6.42 Å². The Labute approximate surface area is 236 Å². The van der Waals surface area contributed by atoms with Crippen LogP contribution in [0.4, 0.5) is 0 Å². The van der Waals surface area contributed by atoms with Crippen LogP contribution in [0.15, 0.2) is 48.8 Å². The number of aromatic nitrogens is 4. The second-order valence-corrected chi connectivity index (χ2v) is 12.2. The van der Waals surface area contributed by atoms with Crippen LogP contribution in [0.25, 0.3) is 22.1 Å². The quantitative estimate of drug-likeness (QED) is 0.349. The van der Waals surface area contributed by atoms with Crippen molar-refractivity contribution < 1.29 is 19.2 Å². The molecule has 4 heterocycles. The summed E-state index contributed by atoms with van der Waals surface area (Å²) < 4.78 is 0. The van der Waals surface area contributed by atoms with Gasteiger partial charge in [0.2, 0.25) is 0 Å². The minimum atomic E-state index is -0.281. The molecular weight excluding hydrogens is 520 g/mol. The molecule has 0 aliphatic carbocycles. The van der Waals surface area contributed by atoms with Crippen molar-refractivity contribution >= 4 is 45.4 Å². The van der Waals surface area contributed by atoms with Gasteiger partial charge in [0, 0.05) is 62.0 Å². The molecule has 2 aromatic heterocycles. The molecule has 0 N–H and O–H groups in total. The largest absolute Gasteiger partial charge is 0.337 e. The minimum Gasteiger partial charge on any atom is -0.337 e. The van der Waals surface area contributed by atoms with Crippen LogP contribution >= 0.6 is 0 Å². The van der Waals surface area contributed by atoms with Gasteiger partial charge in [0.05, 0.1) is 34.5 Å². The standard InChI is InChI=1S/C31H30N6O4/c1-18(38)26-11-32-24-9-20(5-7-22(24)34-26)28(40)36-14-30(3)13-31(4,15-36)17-37(16-30)29(41)21-6-8-23-25(10-21)33-12-27(35-23)19(2)39/h5-12H,13-17H2,1-4H3. The van der Waals surface area contributed by atoms with E-state index in [4.69, 9.17) is 0 Å². The van der Waals surface area contributed by atoms with E-state index < -0.39 is 0 Å². The summed E-state index contributed by atoms with van der Waals surface area (Å²) in [5.41, 5.74) is 3.31. The molecule has 0 spiro atoms. The fourth-order valence-corrected chi connectivity index (χ4v) is 6.59. The number of hydrogen-bond acceptors (Lipinski definition) is 8. The van der Waals surface area contributed by atoms with Gasteiger partial charge in [-0.25, -0.2) is 9.97 Å². The van der Waals surface area contributed by atoms with E-state index in [9.17, 15) is 19.2 Å². The smallest absolute Gasteiger partial charge is 0.253 e. The highest BCUT2D eigenvalue weighted by molar-refractivity contribution is 6.00. The van der Waals surface area contributed by atoms with Gasteiger partial charge in [-0.3, -0.25) is 29.1 Å². The van der Waals surface area contributed by atoms with Crippen molar-refractivity contribution in [1.82, 2.24) is 29.7 Å². The van der Waals surface area contributed by atoms with Crippen LogP contribution < -0.4 is 0 Å². The molecule has 2 aliphatic heterocycles. The number of rotatable bonds is 4. The highest BCUT2D eigenvalue weighted by Gasteiger charge is 2.50. The van der Waals surface area contributed by atoms with Gasteiger partial charge in [0.15, 0.2) is 11.6 Å². The van der Waals surface area contributed by atoms with E-state index in [2.05, 4.69) is 33.8 Å². The van der Waals surface area contributed by atoms with Crippen LogP contribution in [0.1, 0.15) is 75.8 Å². The Bertz CT molecular complexity index is 1640. The van der Waals surface area contributed by atoms with E-state index in [1.807, 2.05) is 9.80 Å². The SMILES string of the molecule is CC(=O)c1cnc2cc(C(=O)N3CC4(C)CN(C(=O)c5ccc6nc(C(C)=O)cnc6c5)CC(C)(C3)C4)ccc2n1. The highest BCUT2D eigenvalue weighted by Crippen LogP contribution is 2.46. The second kappa shape index (κ2) is 9.50. The summed E-state index contributed by atoms with van der Waals surface area (Å²) in [6, 6.07) is 10.4. The van der Waals surface area contributed by atoms with Crippen molar-refractivity contribution in [2.24, 2.45) is 10.8 Å². The van der Waals surface area contributed by atoms with Crippen LogP contribution in [-0.4, -0.2) is 79.3 Å². The molecular formula is C31H30N6O4. The maximum absolute atomic E-state index is 13.7. The summed E-state index contributed by atoms with van der Waals surface area (Å²) >= 11 is 0.